The SMILES string of the molecule is CC(c1ccccc1)N1CC(NC(=O)Nc2ccc(CC(=O)O)cc2)CC1=O. The Bertz CT molecular complexity index is 852. The third kappa shape index (κ3) is 4.88. The number of carbonyl (C=O) groups excluding carboxylic acids is 2. The molecule has 2 unspecified atom stereocenters. The second kappa shape index (κ2) is 8.56. The van der Waals surface area contributed by atoms with E-state index in [-0.39, 0.29) is 30.8 Å². The number of nitrogens with one attached hydrogen (secondary N) is 2. The highest BCUT2D eigenvalue weighted by atomic mass is 16.4. The predicted octanol–water partition coefficient (Wildman–Crippen LogP) is 2.80. The van der Waals surface area contributed by atoms with Crippen LogP contribution in [0.1, 0.15) is 30.5 Å². The van der Waals surface area contributed by atoms with Crippen LogP contribution in [-0.4, -0.2) is 40.5 Å². The lowest BCUT2D eigenvalue weighted by Crippen LogP contribution is -2.40. The topological polar surface area (TPSA) is 98.7 Å². The number of rotatable bonds is 6. The minimum atomic E-state index is -0.904. The van der Waals surface area contributed by atoms with Gasteiger partial charge in [0.05, 0.1) is 18.5 Å². The Morgan fingerprint density at radius 2 is 1.82 bits per heavy atom. The molecule has 146 valence electrons. The Hall–Kier alpha value is -3.35. The molecule has 1 saturated heterocycles. The van der Waals surface area contributed by atoms with E-state index in [1.165, 1.54) is 0 Å². The number of amides is 3. The van der Waals surface area contributed by atoms with Crippen molar-refractivity contribution in [3.63, 3.8) is 0 Å². The number of aliphatic carboxylic acids is 1. The summed E-state index contributed by atoms with van der Waals surface area (Å²) in [5, 5.41) is 14.3. The van der Waals surface area contributed by atoms with Crippen molar-refractivity contribution in [2.75, 3.05) is 11.9 Å². The number of hydrogen-bond donors (Lipinski definition) is 3. The van der Waals surface area contributed by atoms with Gasteiger partial charge in [-0.05, 0) is 30.2 Å². The lowest BCUT2D eigenvalue weighted by Gasteiger charge is -2.25. The van der Waals surface area contributed by atoms with Gasteiger partial charge in [0.1, 0.15) is 0 Å². The van der Waals surface area contributed by atoms with E-state index in [0.29, 0.717) is 17.8 Å². The molecule has 1 heterocycles. The zero-order valence-electron chi connectivity index (χ0n) is 15.6. The van der Waals surface area contributed by atoms with Gasteiger partial charge in [-0.15, -0.1) is 0 Å². The highest BCUT2D eigenvalue weighted by Crippen LogP contribution is 2.25. The average Bonchev–Trinajstić information content (AvgIpc) is 3.03. The number of anilines is 1. The highest BCUT2D eigenvalue weighted by molar-refractivity contribution is 5.90. The number of carbonyl (C=O) groups is 3. The van der Waals surface area contributed by atoms with Gasteiger partial charge in [0, 0.05) is 18.7 Å². The molecule has 0 aromatic heterocycles. The molecule has 3 amide bonds. The van der Waals surface area contributed by atoms with Gasteiger partial charge in [-0.2, -0.15) is 0 Å². The second-order valence-electron chi connectivity index (χ2n) is 6.90. The van der Waals surface area contributed by atoms with Crippen LogP contribution >= 0.6 is 0 Å². The van der Waals surface area contributed by atoms with Gasteiger partial charge in [0.2, 0.25) is 5.91 Å². The molecule has 0 radical (unpaired) electrons. The Morgan fingerprint density at radius 3 is 2.46 bits per heavy atom. The summed E-state index contributed by atoms with van der Waals surface area (Å²) in [5.41, 5.74) is 2.28. The number of hydrogen-bond acceptors (Lipinski definition) is 3. The number of likely N-dealkylation sites (tertiary alicyclic amines) is 1. The summed E-state index contributed by atoms with van der Waals surface area (Å²) in [5.74, 6) is -0.890. The molecule has 2 aromatic carbocycles. The maximum Gasteiger partial charge on any atom is 0.319 e. The Kier molecular flexibility index (Phi) is 5.93. The number of carboxylic acid groups (broad SMARTS) is 1. The average molecular weight is 381 g/mol. The first-order valence-corrected chi connectivity index (χ1v) is 9.15. The van der Waals surface area contributed by atoms with E-state index in [0.717, 1.165) is 5.56 Å². The van der Waals surface area contributed by atoms with Crippen molar-refractivity contribution >= 4 is 23.6 Å². The highest BCUT2D eigenvalue weighted by Gasteiger charge is 2.33. The summed E-state index contributed by atoms with van der Waals surface area (Å²) in [6.45, 7) is 2.44. The lowest BCUT2D eigenvalue weighted by molar-refractivity contribution is -0.136. The molecule has 1 fully saturated rings. The standard InChI is InChI=1S/C21H23N3O4/c1-14(16-5-3-2-4-6-16)24-13-18(12-19(24)25)23-21(28)22-17-9-7-15(8-10-17)11-20(26)27/h2-10,14,18H,11-13H2,1H3,(H,26,27)(H2,22,23,28). The van der Waals surface area contributed by atoms with Crippen LogP contribution in [0.15, 0.2) is 54.6 Å². The van der Waals surface area contributed by atoms with E-state index in [1.54, 1.807) is 29.2 Å². The van der Waals surface area contributed by atoms with Crippen molar-refractivity contribution in [3.8, 4) is 0 Å². The molecule has 3 rings (SSSR count). The second-order valence-corrected chi connectivity index (χ2v) is 6.90. The fourth-order valence-corrected chi connectivity index (χ4v) is 3.35. The van der Waals surface area contributed by atoms with E-state index in [2.05, 4.69) is 10.6 Å². The van der Waals surface area contributed by atoms with E-state index in [1.807, 2.05) is 37.3 Å². The molecule has 0 aliphatic carbocycles. The number of nitrogens with zero attached hydrogens (tertiary/aromatic N) is 1. The molecule has 1 aliphatic rings. The molecular formula is C21H23N3O4. The summed E-state index contributed by atoms with van der Waals surface area (Å²) in [6, 6.07) is 15.7. The molecule has 1 aliphatic heterocycles. The molecule has 0 spiro atoms. The van der Waals surface area contributed by atoms with Gasteiger partial charge in [-0.1, -0.05) is 42.5 Å². The minimum Gasteiger partial charge on any atom is -0.481 e. The molecule has 7 nitrogen and oxygen atoms in total. The number of carboxylic acids is 1. The molecule has 28 heavy (non-hydrogen) atoms. The van der Waals surface area contributed by atoms with Crippen LogP contribution in [0.5, 0.6) is 0 Å². The quantitative estimate of drug-likeness (QED) is 0.716. The fourth-order valence-electron chi connectivity index (χ4n) is 3.35. The van der Waals surface area contributed by atoms with Gasteiger partial charge >= 0.3 is 12.0 Å². The molecular weight excluding hydrogens is 358 g/mol. The normalized spacial score (nSPS) is 17.2. The first-order chi connectivity index (χ1) is 13.4. The summed E-state index contributed by atoms with van der Waals surface area (Å²) in [6.07, 6.45) is 0.203. The Morgan fingerprint density at radius 1 is 1.14 bits per heavy atom. The Balaban J connectivity index is 1.53. The van der Waals surface area contributed by atoms with E-state index in [4.69, 9.17) is 5.11 Å². The van der Waals surface area contributed by atoms with Gasteiger partial charge in [0.15, 0.2) is 0 Å². The smallest absolute Gasteiger partial charge is 0.319 e. The van der Waals surface area contributed by atoms with Crippen LogP contribution in [0.25, 0.3) is 0 Å². The third-order valence-corrected chi connectivity index (χ3v) is 4.81. The van der Waals surface area contributed by atoms with Crippen LogP contribution in [0.4, 0.5) is 10.5 Å². The van der Waals surface area contributed by atoms with Crippen molar-refractivity contribution in [1.29, 1.82) is 0 Å². The van der Waals surface area contributed by atoms with Gasteiger partial charge < -0.3 is 20.6 Å². The van der Waals surface area contributed by atoms with Crippen molar-refractivity contribution in [1.82, 2.24) is 10.2 Å². The molecule has 2 atom stereocenters. The molecule has 2 aromatic rings. The molecule has 3 N–H and O–H groups in total. The van der Waals surface area contributed by atoms with Crippen LogP contribution in [0, 0.1) is 0 Å². The first kappa shape index (κ1) is 19.4. The Labute approximate surface area is 163 Å². The van der Waals surface area contributed by atoms with Crippen LogP contribution in [0.2, 0.25) is 0 Å². The summed E-state index contributed by atoms with van der Waals surface area (Å²) < 4.78 is 0. The van der Waals surface area contributed by atoms with E-state index >= 15 is 0 Å². The van der Waals surface area contributed by atoms with Crippen molar-refractivity contribution < 1.29 is 19.5 Å². The zero-order chi connectivity index (χ0) is 20.1. The van der Waals surface area contributed by atoms with Crippen LogP contribution in [0.3, 0.4) is 0 Å². The largest absolute Gasteiger partial charge is 0.481 e. The van der Waals surface area contributed by atoms with E-state index < -0.39 is 12.0 Å². The molecule has 7 heteroatoms. The maximum atomic E-state index is 12.4. The molecule has 0 bridgehead atoms. The van der Waals surface area contributed by atoms with Gasteiger partial charge in [-0.3, -0.25) is 9.59 Å². The number of benzene rings is 2. The first-order valence-electron chi connectivity index (χ1n) is 9.15. The summed E-state index contributed by atoms with van der Waals surface area (Å²) in [7, 11) is 0. The maximum absolute atomic E-state index is 12.4. The van der Waals surface area contributed by atoms with Crippen molar-refractivity contribution in [3.05, 3.63) is 65.7 Å². The fraction of sp³-hybridized carbons (Fsp3) is 0.286. The summed E-state index contributed by atoms with van der Waals surface area (Å²) >= 11 is 0. The predicted molar refractivity (Wildman–Crippen MR) is 105 cm³/mol. The van der Waals surface area contributed by atoms with Crippen molar-refractivity contribution in [2.24, 2.45) is 0 Å². The minimum absolute atomic E-state index is 0.0136. The lowest BCUT2D eigenvalue weighted by atomic mass is 10.1. The third-order valence-electron chi connectivity index (χ3n) is 4.81. The monoisotopic (exact) mass is 381 g/mol. The van der Waals surface area contributed by atoms with Crippen molar-refractivity contribution in [2.45, 2.75) is 31.8 Å². The van der Waals surface area contributed by atoms with Gasteiger partial charge in [0.25, 0.3) is 0 Å². The van der Waals surface area contributed by atoms with E-state index in [9.17, 15) is 14.4 Å². The van der Waals surface area contributed by atoms with Crippen LogP contribution < -0.4 is 10.6 Å². The van der Waals surface area contributed by atoms with Gasteiger partial charge in [-0.25, -0.2) is 4.79 Å². The van der Waals surface area contributed by atoms with Crippen LogP contribution in [-0.2, 0) is 16.0 Å². The molecule has 0 saturated carbocycles. The number of urea groups is 1. The zero-order valence-corrected chi connectivity index (χ0v) is 15.6. The summed E-state index contributed by atoms with van der Waals surface area (Å²) in [4.78, 5) is 37.1.